The van der Waals surface area contributed by atoms with E-state index in [1.54, 1.807) is 24.3 Å². The van der Waals surface area contributed by atoms with E-state index in [-0.39, 0.29) is 5.82 Å². The van der Waals surface area contributed by atoms with Gasteiger partial charge in [0, 0.05) is 18.8 Å². The van der Waals surface area contributed by atoms with Gasteiger partial charge in [-0.3, -0.25) is 0 Å². The van der Waals surface area contributed by atoms with Crippen LogP contribution in [0.4, 0.5) is 10.1 Å². The number of fused-ring (bicyclic) bond motifs is 1. The fourth-order valence-electron chi connectivity index (χ4n) is 2.55. The van der Waals surface area contributed by atoms with E-state index in [4.69, 9.17) is 5.11 Å². The molecule has 0 saturated carbocycles. The van der Waals surface area contributed by atoms with E-state index in [0.717, 1.165) is 29.8 Å². The van der Waals surface area contributed by atoms with E-state index in [2.05, 4.69) is 4.90 Å². The van der Waals surface area contributed by atoms with Crippen LogP contribution in [-0.2, 0) is 13.0 Å². The van der Waals surface area contributed by atoms with Gasteiger partial charge in [-0.1, -0.05) is 18.2 Å². The minimum Gasteiger partial charge on any atom is -0.478 e. The molecule has 0 radical (unpaired) electrons. The number of aromatic carboxylic acids is 1. The van der Waals surface area contributed by atoms with Gasteiger partial charge in [0.25, 0.3) is 0 Å². The second kappa shape index (κ2) is 4.96. The number of benzene rings is 2. The van der Waals surface area contributed by atoms with Crippen molar-refractivity contribution in [2.75, 3.05) is 11.4 Å². The SMILES string of the molecule is O=C(O)c1ccc2c(c1)N(Cc1ccc(F)cc1)CC2. The van der Waals surface area contributed by atoms with Gasteiger partial charge in [-0.2, -0.15) is 0 Å². The molecule has 1 heterocycles. The van der Waals surface area contributed by atoms with Crippen molar-refractivity contribution in [2.45, 2.75) is 13.0 Å². The Kier molecular flexibility index (Phi) is 3.14. The summed E-state index contributed by atoms with van der Waals surface area (Å²) < 4.78 is 12.9. The molecule has 2 aromatic carbocycles. The van der Waals surface area contributed by atoms with Gasteiger partial charge in [0.1, 0.15) is 5.82 Å². The predicted molar refractivity (Wildman–Crippen MR) is 74.6 cm³/mol. The zero-order chi connectivity index (χ0) is 14.1. The van der Waals surface area contributed by atoms with Gasteiger partial charge in [-0.25, -0.2) is 9.18 Å². The molecule has 1 aliphatic rings. The molecule has 0 unspecified atom stereocenters. The van der Waals surface area contributed by atoms with E-state index < -0.39 is 5.97 Å². The first kappa shape index (κ1) is 12.7. The van der Waals surface area contributed by atoms with E-state index in [0.29, 0.717) is 12.1 Å². The summed E-state index contributed by atoms with van der Waals surface area (Å²) in [6.45, 7) is 1.52. The van der Waals surface area contributed by atoms with Gasteiger partial charge in [0.05, 0.1) is 5.56 Å². The molecule has 20 heavy (non-hydrogen) atoms. The summed E-state index contributed by atoms with van der Waals surface area (Å²) in [5.74, 6) is -1.16. The second-order valence-corrected chi connectivity index (χ2v) is 4.95. The molecule has 0 atom stereocenters. The van der Waals surface area contributed by atoms with Crippen LogP contribution in [-0.4, -0.2) is 17.6 Å². The van der Waals surface area contributed by atoms with E-state index in [1.165, 1.54) is 12.1 Å². The highest BCUT2D eigenvalue weighted by atomic mass is 19.1. The number of halogens is 1. The third-order valence-electron chi connectivity index (χ3n) is 3.61. The van der Waals surface area contributed by atoms with Gasteiger partial charge >= 0.3 is 5.97 Å². The summed E-state index contributed by atoms with van der Waals surface area (Å²) in [6, 6.07) is 11.6. The Hall–Kier alpha value is -2.36. The first-order valence-electron chi connectivity index (χ1n) is 6.49. The maximum atomic E-state index is 12.9. The Labute approximate surface area is 116 Å². The fourth-order valence-corrected chi connectivity index (χ4v) is 2.55. The van der Waals surface area contributed by atoms with Crippen LogP contribution in [0.5, 0.6) is 0 Å². The lowest BCUT2D eigenvalue weighted by molar-refractivity contribution is 0.0697. The molecule has 3 nitrogen and oxygen atoms in total. The third-order valence-corrected chi connectivity index (χ3v) is 3.61. The zero-order valence-corrected chi connectivity index (χ0v) is 10.8. The van der Waals surface area contributed by atoms with Gasteiger partial charge in [-0.15, -0.1) is 0 Å². The Bertz CT molecular complexity index is 652. The third kappa shape index (κ3) is 2.37. The minimum atomic E-state index is -0.915. The van der Waals surface area contributed by atoms with Crippen LogP contribution in [0.2, 0.25) is 0 Å². The normalized spacial score (nSPS) is 13.3. The van der Waals surface area contributed by atoms with Crippen molar-refractivity contribution in [3.8, 4) is 0 Å². The van der Waals surface area contributed by atoms with Crippen molar-refractivity contribution >= 4 is 11.7 Å². The lowest BCUT2D eigenvalue weighted by Crippen LogP contribution is -2.19. The first-order valence-corrected chi connectivity index (χ1v) is 6.49. The molecule has 3 rings (SSSR count). The van der Waals surface area contributed by atoms with Crippen molar-refractivity contribution in [3.05, 3.63) is 65.0 Å². The second-order valence-electron chi connectivity index (χ2n) is 4.95. The van der Waals surface area contributed by atoms with Gasteiger partial charge < -0.3 is 10.0 Å². The van der Waals surface area contributed by atoms with Crippen LogP contribution in [0.1, 0.15) is 21.5 Å². The highest BCUT2D eigenvalue weighted by molar-refractivity contribution is 5.89. The van der Waals surface area contributed by atoms with Crippen molar-refractivity contribution in [1.29, 1.82) is 0 Å². The summed E-state index contributed by atoms with van der Waals surface area (Å²) in [6.07, 6.45) is 0.913. The molecule has 0 fully saturated rings. The average molecular weight is 271 g/mol. The molecule has 0 aromatic heterocycles. The quantitative estimate of drug-likeness (QED) is 0.932. The average Bonchev–Trinajstić information content (AvgIpc) is 2.84. The Morgan fingerprint density at radius 3 is 2.65 bits per heavy atom. The van der Waals surface area contributed by atoms with E-state index in [9.17, 15) is 9.18 Å². The summed E-state index contributed by atoms with van der Waals surface area (Å²) >= 11 is 0. The Morgan fingerprint density at radius 2 is 1.95 bits per heavy atom. The van der Waals surface area contributed by atoms with Crippen molar-refractivity contribution < 1.29 is 14.3 Å². The first-order chi connectivity index (χ1) is 9.63. The maximum Gasteiger partial charge on any atom is 0.335 e. The molecular formula is C16H14FNO2. The summed E-state index contributed by atoms with van der Waals surface area (Å²) in [4.78, 5) is 13.2. The molecule has 0 aliphatic carbocycles. The van der Waals surface area contributed by atoms with Gasteiger partial charge in [0.15, 0.2) is 0 Å². The summed E-state index contributed by atoms with van der Waals surface area (Å²) in [5, 5.41) is 9.06. The standard InChI is InChI=1S/C16H14FNO2/c17-14-5-1-11(2-6-14)10-18-8-7-12-3-4-13(16(19)20)9-15(12)18/h1-6,9H,7-8,10H2,(H,19,20). The van der Waals surface area contributed by atoms with Crippen LogP contribution < -0.4 is 4.90 Å². The minimum absolute atomic E-state index is 0.247. The number of rotatable bonds is 3. The number of anilines is 1. The molecule has 4 heteroatoms. The smallest absolute Gasteiger partial charge is 0.335 e. The van der Waals surface area contributed by atoms with E-state index >= 15 is 0 Å². The van der Waals surface area contributed by atoms with Crippen molar-refractivity contribution in [3.63, 3.8) is 0 Å². The van der Waals surface area contributed by atoms with E-state index in [1.807, 2.05) is 6.07 Å². The predicted octanol–water partition coefficient (Wildman–Crippen LogP) is 3.09. The molecule has 2 aromatic rings. The topological polar surface area (TPSA) is 40.5 Å². The fraction of sp³-hybridized carbons (Fsp3) is 0.188. The summed E-state index contributed by atoms with van der Waals surface area (Å²) in [5.41, 5.74) is 3.45. The van der Waals surface area contributed by atoms with Crippen LogP contribution in [0.25, 0.3) is 0 Å². The molecular weight excluding hydrogens is 257 g/mol. The van der Waals surface area contributed by atoms with Crippen LogP contribution in [0, 0.1) is 5.82 Å². The largest absolute Gasteiger partial charge is 0.478 e. The highest BCUT2D eigenvalue weighted by Gasteiger charge is 2.20. The highest BCUT2D eigenvalue weighted by Crippen LogP contribution is 2.30. The summed E-state index contributed by atoms with van der Waals surface area (Å²) in [7, 11) is 0. The lowest BCUT2D eigenvalue weighted by Gasteiger charge is -2.19. The number of carboxylic acid groups (broad SMARTS) is 1. The molecule has 102 valence electrons. The zero-order valence-electron chi connectivity index (χ0n) is 10.8. The van der Waals surface area contributed by atoms with Crippen LogP contribution in [0.3, 0.4) is 0 Å². The molecule has 0 amide bonds. The molecule has 1 N–H and O–H groups in total. The van der Waals surface area contributed by atoms with Gasteiger partial charge in [0.2, 0.25) is 0 Å². The van der Waals surface area contributed by atoms with Crippen LogP contribution >= 0.6 is 0 Å². The van der Waals surface area contributed by atoms with Gasteiger partial charge in [-0.05, 0) is 41.8 Å². The molecule has 0 bridgehead atoms. The maximum absolute atomic E-state index is 12.9. The Morgan fingerprint density at radius 1 is 1.20 bits per heavy atom. The number of carbonyl (C=O) groups is 1. The molecule has 0 spiro atoms. The Balaban J connectivity index is 1.86. The number of hydrogen-bond acceptors (Lipinski definition) is 2. The number of carboxylic acids is 1. The van der Waals surface area contributed by atoms with Crippen molar-refractivity contribution in [2.24, 2.45) is 0 Å². The number of hydrogen-bond donors (Lipinski definition) is 1. The molecule has 0 saturated heterocycles. The lowest BCUT2D eigenvalue weighted by atomic mass is 10.1. The molecule has 1 aliphatic heterocycles. The van der Waals surface area contributed by atoms with Crippen molar-refractivity contribution in [1.82, 2.24) is 0 Å². The monoisotopic (exact) mass is 271 g/mol. The van der Waals surface area contributed by atoms with Crippen LogP contribution in [0.15, 0.2) is 42.5 Å². The number of nitrogens with zero attached hydrogens (tertiary/aromatic N) is 1.